The molecule has 0 aliphatic heterocycles. The number of carbonyl (C=O) groups is 1. The maximum absolute atomic E-state index is 13.8. The molecule has 0 radical (unpaired) electrons. The number of hydrogen-bond donors (Lipinski definition) is 2. The monoisotopic (exact) mass is 351 g/mol. The van der Waals surface area contributed by atoms with Gasteiger partial charge in [-0.1, -0.05) is 6.07 Å². The van der Waals surface area contributed by atoms with Crippen LogP contribution in [0.15, 0.2) is 34.8 Å². The van der Waals surface area contributed by atoms with Gasteiger partial charge in [0.25, 0.3) is 0 Å². The molecule has 2 aromatic carbocycles. The van der Waals surface area contributed by atoms with Gasteiger partial charge < -0.3 is 10.4 Å². The molecule has 0 saturated heterocycles. The number of carboxylic acids is 1. The molecule has 0 unspecified atom stereocenters. The van der Waals surface area contributed by atoms with E-state index in [1.807, 2.05) is 26.0 Å². The summed E-state index contributed by atoms with van der Waals surface area (Å²) in [6, 6.07) is 7.78. The first kappa shape index (κ1) is 15.5. The van der Waals surface area contributed by atoms with E-state index in [0.717, 1.165) is 21.3 Å². The van der Waals surface area contributed by atoms with Gasteiger partial charge in [0.1, 0.15) is 5.82 Å². The van der Waals surface area contributed by atoms with Crippen LogP contribution in [0, 0.1) is 19.7 Å². The van der Waals surface area contributed by atoms with Crippen LogP contribution in [-0.2, 0) is 6.54 Å². The average Bonchev–Trinajstić information content (AvgIpc) is 2.39. The SMILES string of the molecule is Cc1cc(C)c(NCc2cc(C(=O)O)ccc2F)c(Br)c1. The van der Waals surface area contributed by atoms with Crippen molar-refractivity contribution in [1.29, 1.82) is 0 Å². The molecule has 0 bridgehead atoms. The van der Waals surface area contributed by atoms with Crippen molar-refractivity contribution >= 4 is 27.6 Å². The maximum atomic E-state index is 13.8. The Labute approximate surface area is 130 Å². The highest BCUT2D eigenvalue weighted by molar-refractivity contribution is 9.10. The number of aryl methyl sites for hydroxylation is 2. The zero-order chi connectivity index (χ0) is 15.6. The zero-order valence-corrected chi connectivity index (χ0v) is 13.3. The second kappa shape index (κ2) is 6.26. The molecule has 5 heteroatoms. The second-order valence-electron chi connectivity index (χ2n) is 4.90. The van der Waals surface area contributed by atoms with Crippen molar-refractivity contribution < 1.29 is 14.3 Å². The molecule has 2 aromatic rings. The van der Waals surface area contributed by atoms with E-state index in [1.54, 1.807) is 0 Å². The van der Waals surface area contributed by atoms with Gasteiger partial charge in [-0.2, -0.15) is 0 Å². The lowest BCUT2D eigenvalue weighted by Gasteiger charge is -2.13. The standard InChI is InChI=1S/C16H15BrFNO2/c1-9-5-10(2)15(13(17)6-9)19-8-12-7-11(16(20)21)3-4-14(12)18/h3-7,19H,8H2,1-2H3,(H,20,21). The fourth-order valence-electron chi connectivity index (χ4n) is 2.17. The van der Waals surface area contributed by atoms with Gasteiger partial charge in [-0.15, -0.1) is 0 Å². The Morgan fingerprint density at radius 3 is 2.62 bits per heavy atom. The summed E-state index contributed by atoms with van der Waals surface area (Å²) in [4.78, 5) is 10.9. The molecular formula is C16H15BrFNO2. The highest BCUT2D eigenvalue weighted by Crippen LogP contribution is 2.28. The first-order chi connectivity index (χ1) is 9.88. The van der Waals surface area contributed by atoms with Crippen LogP contribution in [-0.4, -0.2) is 11.1 Å². The number of halogens is 2. The lowest BCUT2D eigenvalue weighted by atomic mass is 10.1. The minimum atomic E-state index is -1.07. The molecule has 0 aliphatic carbocycles. The van der Waals surface area contributed by atoms with Gasteiger partial charge in [0, 0.05) is 16.6 Å². The first-order valence-corrected chi connectivity index (χ1v) is 7.20. The Hall–Kier alpha value is -1.88. The predicted octanol–water partition coefficient (Wildman–Crippen LogP) is 4.52. The van der Waals surface area contributed by atoms with Crippen LogP contribution >= 0.6 is 15.9 Å². The van der Waals surface area contributed by atoms with Crippen LogP contribution in [0.1, 0.15) is 27.0 Å². The Bertz CT molecular complexity index is 678. The number of hydrogen-bond acceptors (Lipinski definition) is 2. The molecule has 0 amide bonds. The molecular weight excluding hydrogens is 337 g/mol. The molecule has 0 spiro atoms. The molecule has 3 nitrogen and oxygen atoms in total. The Balaban J connectivity index is 2.24. The highest BCUT2D eigenvalue weighted by atomic mass is 79.9. The first-order valence-electron chi connectivity index (χ1n) is 6.41. The third kappa shape index (κ3) is 3.61. The molecule has 0 aliphatic rings. The molecule has 0 heterocycles. The van der Waals surface area contributed by atoms with Crippen molar-refractivity contribution in [2.75, 3.05) is 5.32 Å². The van der Waals surface area contributed by atoms with Gasteiger partial charge in [0.2, 0.25) is 0 Å². The van der Waals surface area contributed by atoms with Gasteiger partial charge in [0.15, 0.2) is 0 Å². The smallest absolute Gasteiger partial charge is 0.335 e. The van der Waals surface area contributed by atoms with E-state index in [4.69, 9.17) is 5.11 Å². The maximum Gasteiger partial charge on any atom is 0.335 e. The van der Waals surface area contributed by atoms with Crippen LogP contribution in [0.2, 0.25) is 0 Å². The molecule has 0 fully saturated rings. The van der Waals surface area contributed by atoms with Gasteiger partial charge in [-0.25, -0.2) is 9.18 Å². The lowest BCUT2D eigenvalue weighted by Crippen LogP contribution is -2.06. The average molecular weight is 352 g/mol. The predicted molar refractivity (Wildman–Crippen MR) is 84.3 cm³/mol. The number of aromatic carboxylic acids is 1. The van der Waals surface area contributed by atoms with Gasteiger partial charge >= 0.3 is 5.97 Å². The number of anilines is 1. The summed E-state index contributed by atoms with van der Waals surface area (Å²) in [7, 11) is 0. The zero-order valence-electron chi connectivity index (χ0n) is 11.7. The summed E-state index contributed by atoms with van der Waals surface area (Å²) in [5.41, 5.74) is 3.44. The van der Waals surface area contributed by atoms with Crippen LogP contribution in [0.4, 0.5) is 10.1 Å². The number of benzene rings is 2. The van der Waals surface area contributed by atoms with Crippen molar-refractivity contribution in [3.63, 3.8) is 0 Å². The Kier molecular flexibility index (Phi) is 4.63. The van der Waals surface area contributed by atoms with E-state index >= 15 is 0 Å². The summed E-state index contributed by atoms with van der Waals surface area (Å²) >= 11 is 3.48. The molecule has 110 valence electrons. The lowest BCUT2D eigenvalue weighted by molar-refractivity contribution is 0.0696. The largest absolute Gasteiger partial charge is 0.478 e. The quantitative estimate of drug-likeness (QED) is 0.851. The summed E-state index contributed by atoms with van der Waals surface area (Å²) in [6.07, 6.45) is 0. The molecule has 2 rings (SSSR count). The summed E-state index contributed by atoms with van der Waals surface area (Å²) in [5, 5.41) is 12.1. The van der Waals surface area contributed by atoms with E-state index in [1.165, 1.54) is 18.2 Å². The number of carboxylic acid groups (broad SMARTS) is 1. The van der Waals surface area contributed by atoms with Crippen molar-refractivity contribution in [2.24, 2.45) is 0 Å². The van der Waals surface area contributed by atoms with Crippen LogP contribution in [0.3, 0.4) is 0 Å². The van der Waals surface area contributed by atoms with Crippen molar-refractivity contribution in [3.8, 4) is 0 Å². The van der Waals surface area contributed by atoms with Crippen LogP contribution in [0.25, 0.3) is 0 Å². The molecule has 0 aromatic heterocycles. The Morgan fingerprint density at radius 2 is 2.00 bits per heavy atom. The highest BCUT2D eigenvalue weighted by Gasteiger charge is 2.10. The normalized spacial score (nSPS) is 10.5. The molecule has 2 N–H and O–H groups in total. The van der Waals surface area contributed by atoms with Gasteiger partial charge in [0.05, 0.1) is 11.3 Å². The third-order valence-corrected chi connectivity index (χ3v) is 3.81. The van der Waals surface area contributed by atoms with Crippen molar-refractivity contribution in [3.05, 3.63) is 62.9 Å². The third-order valence-electron chi connectivity index (χ3n) is 3.18. The topological polar surface area (TPSA) is 49.3 Å². The summed E-state index contributed by atoms with van der Waals surface area (Å²) in [5.74, 6) is -1.49. The van der Waals surface area contributed by atoms with Gasteiger partial charge in [-0.05, 0) is 65.2 Å². The van der Waals surface area contributed by atoms with Crippen molar-refractivity contribution in [1.82, 2.24) is 0 Å². The van der Waals surface area contributed by atoms with E-state index in [-0.39, 0.29) is 12.1 Å². The molecule has 0 atom stereocenters. The van der Waals surface area contributed by atoms with Crippen molar-refractivity contribution in [2.45, 2.75) is 20.4 Å². The number of nitrogens with one attached hydrogen (secondary N) is 1. The fraction of sp³-hybridized carbons (Fsp3) is 0.188. The molecule has 0 saturated carbocycles. The minimum absolute atomic E-state index is 0.0768. The van der Waals surface area contributed by atoms with E-state index < -0.39 is 11.8 Å². The van der Waals surface area contributed by atoms with Crippen LogP contribution in [0.5, 0.6) is 0 Å². The Morgan fingerprint density at radius 1 is 1.29 bits per heavy atom. The second-order valence-corrected chi connectivity index (χ2v) is 5.76. The fourth-order valence-corrected chi connectivity index (χ4v) is 2.98. The summed E-state index contributed by atoms with van der Waals surface area (Å²) in [6.45, 7) is 4.18. The van der Waals surface area contributed by atoms with Gasteiger partial charge in [-0.3, -0.25) is 0 Å². The molecule has 21 heavy (non-hydrogen) atoms. The summed E-state index contributed by atoms with van der Waals surface area (Å²) < 4.78 is 14.7. The minimum Gasteiger partial charge on any atom is -0.478 e. The number of rotatable bonds is 4. The van der Waals surface area contributed by atoms with E-state index in [2.05, 4.69) is 21.2 Å². The van der Waals surface area contributed by atoms with E-state index in [0.29, 0.717) is 5.56 Å². The van der Waals surface area contributed by atoms with E-state index in [9.17, 15) is 9.18 Å². The van der Waals surface area contributed by atoms with Crippen LogP contribution < -0.4 is 5.32 Å².